The summed E-state index contributed by atoms with van der Waals surface area (Å²) in [6, 6.07) is 0.316. The fourth-order valence-corrected chi connectivity index (χ4v) is 2.69. The van der Waals surface area contributed by atoms with Crippen LogP contribution in [0.1, 0.15) is 72.1 Å². The largest absolute Gasteiger partial charge is 0.353 e. The molecule has 18 heavy (non-hydrogen) atoms. The molecule has 1 aliphatic carbocycles. The number of hydrogen-bond donors (Lipinski definition) is 2. The first-order chi connectivity index (χ1) is 8.38. The zero-order valence-electron chi connectivity index (χ0n) is 12.3. The van der Waals surface area contributed by atoms with Crippen LogP contribution in [-0.4, -0.2) is 17.5 Å². The van der Waals surface area contributed by atoms with Crippen molar-refractivity contribution in [1.82, 2.24) is 5.32 Å². The topological polar surface area (TPSA) is 55.1 Å². The van der Waals surface area contributed by atoms with Crippen molar-refractivity contribution < 1.29 is 4.79 Å². The quantitative estimate of drug-likeness (QED) is 0.741. The molecule has 1 atom stereocenters. The summed E-state index contributed by atoms with van der Waals surface area (Å²) < 4.78 is 0. The van der Waals surface area contributed by atoms with Crippen molar-refractivity contribution in [2.45, 2.75) is 83.7 Å². The summed E-state index contributed by atoms with van der Waals surface area (Å²) >= 11 is 0. The molecule has 1 amide bonds. The summed E-state index contributed by atoms with van der Waals surface area (Å²) in [5.41, 5.74) is 5.65. The first-order valence-corrected chi connectivity index (χ1v) is 7.47. The Hall–Kier alpha value is -0.570. The maximum Gasteiger partial charge on any atom is 0.220 e. The summed E-state index contributed by atoms with van der Waals surface area (Å²) in [5, 5.41) is 3.16. The van der Waals surface area contributed by atoms with Crippen LogP contribution in [0.15, 0.2) is 0 Å². The van der Waals surface area contributed by atoms with Gasteiger partial charge in [-0.05, 0) is 46.0 Å². The average molecular weight is 254 g/mol. The third-order valence-electron chi connectivity index (χ3n) is 3.99. The summed E-state index contributed by atoms with van der Waals surface area (Å²) in [7, 11) is 0. The molecule has 106 valence electrons. The Balaban J connectivity index is 2.29. The molecule has 0 bridgehead atoms. The number of carbonyl (C=O) groups excluding carboxylic acids is 1. The fraction of sp³-hybridized carbons (Fsp3) is 0.933. The molecule has 1 aliphatic rings. The minimum absolute atomic E-state index is 0.158. The van der Waals surface area contributed by atoms with Crippen molar-refractivity contribution in [1.29, 1.82) is 0 Å². The third kappa shape index (κ3) is 6.39. The summed E-state index contributed by atoms with van der Waals surface area (Å²) in [4.78, 5) is 11.9. The van der Waals surface area contributed by atoms with Crippen LogP contribution in [0.5, 0.6) is 0 Å². The molecule has 0 aromatic rings. The van der Waals surface area contributed by atoms with E-state index in [0.29, 0.717) is 18.4 Å². The van der Waals surface area contributed by atoms with Crippen molar-refractivity contribution in [2.75, 3.05) is 0 Å². The smallest absolute Gasteiger partial charge is 0.220 e. The van der Waals surface area contributed by atoms with Gasteiger partial charge in [-0.15, -0.1) is 0 Å². The Kier molecular flexibility index (Phi) is 6.13. The fourth-order valence-electron chi connectivity index (χ4n) is 2.69. The second-order valence-electron chi connectivity index (χ2n) is 6.60. The molecule has 0 radical (unpaired) electrons. The number of rotatable bonds is 5. The molecular weight excluding hydrogens is 224 g/mol. The van der Waals surface area contributed by atoms with E-state index in [4.69, 9.17) is 5.73 Å². The monoisotopic (exact) mass is 254 g/mol. The molecule has 1 rings (SSSR count). The van der Waals surface area contributed by atoms with Gasteiger partial charge >= 0.3 is 0 Å². The van der Waals surface area contributed by atoms with Crippen LogP contribution >= 0.6 is 0 Å². The van der Waals surface area contributed by atoms with Crippen LogP contribution in [0, 0.1) is 5.92 Å². The van der Waals surface area contributed by atoms with Crippen molar-refractivity contribution >= 4 is 5.91 Å². The Labute approximate surface area is 112 Å². The normalized spacial score (nSPS) is 20.2. The van der Waals surface area contributed by atoms with Crippen LogP contribution in [0.3, 0.4) is 0 Å². The van der Waals surface area contributed by atoms with E-state index in [2.05, 4.69) is 12.2 Å². The minimum Gasteiger partial charge on any atom is -0.353 e. The predicted octanol–water partition coefficient (Wildman–Crippen LogP) is 2.98. The van der Waals surface area contributed by atoms with Crippen molar-refractivity contribution in [3.05, 3.63) is 0 Å². The molecule has 0 heterocycles. The van der Waals surface area contributed by atoms with Crippen LogP contribution in [0.25, 0.3) is 0 Å². The van der Waals surface area contributed by atoms with Gasteiger partial charge in [0.2, 0.25) is 5.91 Å². The highest BCUT2D eigenvalue weighted by molar-refractivity contribution is 5.76. The summed E-state index contributed by atoms with van der Waals surface area (Å²) in [5.74, 6) is 0.826. The van der Waals surface area contributed by atoms with Gasteiger partial charge in [0.15, 0.2) is 0 Å². The van der Waals surface area contributed by atoms with Gasteiger partial charge in [0.25, 0.3) is 0 Å². The molecule has 0 unspecified atom stereocenters. The molecule has 3 heteroatoms. The van der Waals surface area contributed by atoms with Gasteiger partial charge in [-0.1, -0.05) is 25.7 Å². The van der Waals surface area contributed by atoms with E-state index in [0.717, 1.165) is 6.42 Å². The van der Waals surface area contributed by atoms with E-state index in [1.54, 1.807) is 0 Å². The van der Waals surface area contributed by atoms with E-state index < -0.39 is 0 Å². The Morgan fingerprint density at radius 3 is 2.33 bits per heavy atom. The highest BCUT2D eigenvalue weighted by atomic mass is 16.1. The lowest BCUT2D eigenvalue weighted by molar-refractivity contribution is -0.122. The third-order valence-corrected chi connectivity index (χ3v) is 3.99. The minimum atomic E-state index is -0.247. The van der Waals surface area contributed by atoms with Crippen molar-refractivity contribution in [3.63, 3.8) is 0 Å². The van der Waals surface area contributed by atoms with Gasteiger partial charge < -0.3 is 11.1 Å². The standard InChI is InChI=1S/C15H30N2O/c1-12(13-8-6-4-5-7-9-13)17-14(18)10-11-15(2,3)16/h12-13H,4-11,16H2,1-3H3,(H,17,18)/t12-/m1/s1. The number of amides is 1. The SMILES string of the molecule is C[C@@H](NC(=O)CCC(C)(C)N)C1CCCCCC1. The zero-order valence-corrected chi connectivity index (χ0v) is 12.3. The second-order valence-corrected chi connectivity index (χ2v) is 6.60. The van der Waals surface area contributed by atoms with E-state index in [9.17, 15) is 4.79 Å². The second kappa shape index (κ2) is 7.13. The lowest BCUT2D eigenvalue weighted by atomic mass is 9.92. The van der Waals surface area contributed by atoms with Gasteiger partial charge in [-0.25, -0.2) is 0 Å². The highest BCUT2D eigenvalue weighted by Crippen LogP contribution is 2.25. The van der Waals surface area contributed by atoms with Crippen molar-refractivity contribution in [3.8, 4) is 0 Å². The van der Waals surface area contributed by atoms with E-state index in [-0.39, 0.29) is 11.4 Å². The number of nitrogens with one attached hydrogen (secondary N) is 1. The average Bonchev–Trinajstić information content (AvgIpc) is 2.54. The van der Waals surface area contributed by atoms with E-state index >= 15 is 0 Å². The van der Waals surface area contributed by atoms with Gasteiger partial charge in [-0.2, -0.15) is 0 Å². The van der Waals surface area contributed by atoms with Gasteiger partial charge in [0.05, 0.1) is 0 Å². The van der Waals surface area contributed by atoms with Crippen LogP contribution in [-0.2, 0) is 4.79 Å². The molecule has 0 aromatic heterocycles. The predicted molar refractivity (Wildman–Crippen MR) is 76.3 cm³/mol. The van der Waals surface area contributed by atoms with Crippen LogP contribution in [0.2, 0.25) is 0 Å². The van der Waals surface area contributed by atoms with Crippen molar-refractivity contribution in [2.24, 2.45) is 11.7 Å². The Morgan fingerprint density at radius 1 is 1.28 bits per heavy atom. The van der Waals surface area contributed by atoms with E-state index in [1.165, 1.54) is 38.5 Å². The molecule has 0 spiro atoms. The molecule has 1 saturated carbocycles. The molecule has 1 fully saturated rings. The molecule has 0 saturated heterocycles. The first-order valence-electron chi connectivity index (χ1n) is 7.47. The number of nitrogens with two attached hydrogens (primary N) is 1. The van der Waals surface area contributed by atoms with E-state index in [1.807, 2.05) is 13.8 Å². The lowest BCUT2D eigenvalue weighted by Crippen LogP contribution is -2.40. The van der Waals surface area contributed by atoms with Crippen LogP contribution in [0.4, 0.5) is 0 Å². The van der Waals surface area contributed by atoms with Gasteiger partial charge in [0, 0.05) is 18.0 Å². The highest BCUT2D eigenvalue weighted by Gasteiger charge is 2.21. The summed E-state index contributed by atoms with van der Waals surface area (Å²) in [6.07, 6.45) is 9.18. The summed E-state index contributed by atoms with van der Waals surface area (Å²) in [6.45, 7) is 6.09. The van der Waals surface area contributed by atoms with Gasteiger partial charge in [-0.3, -0.25) is 4.79 Å². The Bertz CT molecular complexity index is 250. The molecular formula is C15H30N2O. The maximum atomic E-state index is 11.9. The molecule has 0 aromatic carbocycles. The first kappa shape index (κ1) is 15.5. The van der Waals surface area contributed by atoms with Crippen LogP contribution < -0.4 is 11.1 Å². The lowest BCUT2D eigenvalue weighted by Gasteiger charge is -2.24. The maximum absolute atomic E-state index is 11.9. The number of carbonyl (C=O) groups is 1. The molecule has 3 nitrogen and oxygen atoms in total. The zero-order chi connectivity index (χ0) is 13.6. The molecule has 3 N–H and O–H groups in total. The molecule has 0 aliphatic heterocycles. The Morgan fingerprint density at radius 2 is 1.83 bits per heavy atom. The number of hydrogen-bond acceptors (Lipinski definition) is 2. The van der Waals surface area contributed by atoms with Gasteiger partial charge in [0.1, 0.15) is 0 Å².